The number of carbonyl (C=O) groups is 1. The highest BCUT2D eigenvalue weighted by atomic mass is 32.2. The average molecular weight is 421 g/mol. The number of sulfone groups is 1. The average Bonchev–Trinajstić information content (AvgIpc) is 3.12. The Bertz CT molecular complexity index is 1040. The molecule has 1 aromatic heterocycles. The van der Waals surface area contributed by atoms with Crippen molar-refractivity contribution in [2.45, 2.75) is 26.3 Å². The maximum Gasteiger partial charge on any atom is 0.261 e. The Balaban J connectivity index is 1.85. The zero-order valence-corrected chi connectivity index (χ0v) is 17.8. The van der Waals surface area contributed by atoms with Crippen LogP contribution in [0, 0.1) is 19.7 Å². The number of amides is 1. The molecular formula is C20H25FN4O3S. The second-order valence-electron chi connectivity index (χ2n) is 7.39. The SMILES string of the molecule is Cc1nn(-c2ccc(F)cc2)c(C)c1/C=C/C(=O)N(C1CCS(=O)(=O)C1)N(C)C. The standard InChI is InChI=1S/C20H25FN4O3S/c1-14-19(15(2)24(22-14)17-7-5-16(21)6-8-17)9-10-20(26)25(23(3)4)18-11-12-29(27,28)13-18/h5-10,18H,11-13H2,1-4H3/b10-9+. The number of nitrogens with zero attached hydrogens (tertiary/aromatic N) is 4. The van der Waals surface area contributed by atoms with Gasteiger partial charge in [-0.3, -0.25) is 9.80 Å². The third kappa shape index (κ3) is 4.56. The summed E-state index contributed by atoms with van der Waals surface area (Å²) in [5.41, 5.74) is 3.07. The van der Waals surface area contributed by atoms with Crippen LogP contribution in [0.1, 0.15) is 23.4 Å². The number of carbonyl (C=O) groups excluding carboxylic acids is 1. The first-order valence-electron chi connectivity index (χ1n) is 9.30. The first-order chi connectivity index (χ1) is 13.6. The highest BCUT2D eigenvalue weighted by Crippen LogP contribution is 2.22. The van der Waals surface area contributed by atoms with E-state index in [0.29, 0.717) is 6.42 Å². The molecule has 2 heterocycles. The Kier molecular flexibility index (Phi) is 5.90. The van der Waals surface area contributed by atoms with Gasteiger partial charge in [0.15, 0.2) is 9.84 Å². The maximum absolute atomic E-state index is 13.2. The van der Waals surface area contributed by atoms with Crippen molar-refractivity contribution in [1.29, 1.82) is 0 Å². The van der Waals surface area contributed by atoms with Crippen LogP contribution in [0.25, 0.3) is 11.8 Å². The quantitative estimate of drug-likeness (QED) is 0.547. The minimum atomic E-state index is -3.10. The summed E-state index contributed by atoms with van der Waals surface area (Å²) in [7, 11) is 0.341. The van der Waals surface area contributed by atoms with E-state index in [1.165, 1.54) is 23.2 Å². The van der Waals surface area contributed by atoms with Gasteiger partial charge >= 0.3 is 0 Å². The molecule has 2 aromatic rings. The van der Waals surface area contributed by atoms with E-state index >= 15 is 0 Å². The summed E-state index contributed by atoms with van der Waals surface area (Å²) < 4.78 is 38.5. The third-order valence-electron chi connectivity index (χ3n) is 5.02. The molecule has 0 aliphatic carbocycles. The van der Waals surface area contributed by atoms with Crippen LogP contribution in [0.2, 0.25) is 0 Å². The summed E-state index contributed by atoms with van der Waals surface area (Å²) >= 11 is 0. The van der Waals surface area contributed by atoms with Crippen LogP contribution in [-0.2, 0) is 14.6 Å². The van der Waals surface area contributed by atoms with E-state index in [0.717, 1.165) is 22.6 Å². The number of hydrazine groups is 1. The summed E-state index contributed by atoms with van der Waals surface area (Å²) in [6, 6.07) is 5.66. The lowest BCUT2D eigenvalue weighted by Gasteiger charge is -2.32. The first kappa shape index (κ1) is 21.2. The Labute approximate surface area is 170 Å². The molecule has 1 aliphatic heterocycles. The van der Waals surface area contributed by atoms with Crippen LogP contribution in [0.5, 0.6) is 0 Å². The minimum absolute atomic E-state index is 0.0225. The van der Waals surface area contributed by atoms with Gasteiger partial charge in [-0.25, -0.2) is 22.5 Å². The van der Waals surface area contributed by atoms with Gasteiger partial charge in [-0.2, -0.15) is 5.10 Å². The zero-order valence-electron chi connectivity index (χ0n) is 17.0. The van der Waals surface area contributed by atoms with Crippen molar-refractivity contribution in [3.05, 3.63) is 53.1 Å². The lowest BCUT2D eigenvalue weighted by atomic mass is 10.1. The van der Waals surface area contributed by atoms with Gasteiger partial charge in [-0.15, -0.1) is 0 Å². The van der Waals surface area contributed by atoms with Gasteiger partial charge < -0.3 is 0 Å². The molecule has 1 fully saturated rings. The van der Waals surface area contributed by atoms with Crippen LogP contribution in [-0.4, -0.2) is 65.8 Å². The molecule has 3 rings (SSSR count). The van der Waals surface area contributed by atoms with Crippen LogP contribution < -0.4 is 0 Å². The topological polar surface area (TPSA) is 75.5 Å². The molecule has 0 radical (unpaired) electrons. The monoisotopic (exact) mass is 420 g/mol. The Morgan fingerprint density at radius 1 is 1.24 bits per heavy atom. The minimum Gasteiger partial charge on any atom is -0.268 e. The van der Waals surface area contributed by atoms with Crippen molar-refractivity contribution in [2.75, 3.05) is 25.6 Å². The molecule has 7 nitrogen and oxygen atoms in total. The second-order valence-corrected chi connectivity index (χ2v) is 9.62. The van der Waals surface area contributed by atoms with Crippen LogP contribution in [0.3, 0.4) is 0 Å². The van der Waals surface area contributed by atoms with Crippen LogP contribution in [0.15, 0.2) is 30.3 Å². The molecule has 0 spiro atoms. The van der Waals surface area contributed by atoms with Gasteiger partial charge in [0, 0.05) is 31.4 Å². The highest BCUT2D eigenvalue weighted by molar-refractivity contribution is 7.91. The van der Waals surface area contributed by atoms with Crippen molar-refractivity contribution >= 4 is 21.8 Å². The number of hydrogen-bond donors (Lipinski definition) is 0. The smallest absolute Gasteiger partial charge is 0.261 e. The predicted molar refractivity (Wildman–Crippen MR) is 110 cm³/mol. The number of halogens is 1. The molecule has 1 amide bonds. The number of benzene rings is 1. The molecule has 1 aromatic carbocycles. The van der Waals surface area contributed by atoms with E-state index in [9.17, 15) is 17.6 Å². The molecule has 0 N–H and O–H groups in total. The third-order valence-corrected chi connectivity index (χ3v) is 6.77. The summed E-state index contributed by atoms with van der Waals surface area (Å²) in [6.07, 6.45) is 3.57. The van der Waals surface area contributed by atoms with Gasteiger partial charge in [0.25, 0.3) is 5.91 Å². The van der Waals surface area contributed by atoms with Crippen molar-refractivity contribution in [2.24, 2.45) is 0 Å². The van der Waals surface area contributed by atoms with E-state index < -0.39 is 9.84 Å². The van der Waals surface area contributed by atoms with Crippen molar-refractivity contribution < 1.29 is 17.6 Å². The van der Waals surface area contributed by atoms with E-state index in [1.807, 2.05) is 13.8 Å². The summed E-state index contributed by atoms with van der Waals surface area (Å²) in [4.78, 5) is 12.8. The van der Waals surface area contributed by atoms with E-state index in [-0.39, 0.29) is 29.3 Å². The van der Waals surface area contributed by atoms with E-state index in [1.54, 1.807) is 42.0 Å². The fraction of sp³-hybridized carbons (Fsp3) is 0.400. The predicted octanol–water partition coefficient (Wildman–Crippen LogP) is 2.13. The van der Waals surface area contributed by atoms with E-state index in [4.69, 9.17) is 0 Å². The molecular weight excluding hydrogens is 395 g/mol. The Morgan fingerprint density at radius 2 is 1.90 bits per heavy atom. The van der Waals surface area contributed by atoms with Crippen molar-refractivity contribution in [3.8, 4) is 5.69 Å². The lowest BCUT2D eigenvalue weighted by molar-refractivity contribution is -0.143. The van der Waals surface area contributed by atoms with E-state index in [2.05, 4.69) is 5.10 Å². The largest absolute Gasteiger partial charge is 0.268 e. The lowest BCUT2D eigenvalue weighted by Crippen LogP contribution is -2.48. The first-order valence-corrected chi connectivity index (χ1v) is 11.1. The molecule has 1 aliphatic rings. The molecule has 0 bridgehead atoms. The van der Waals surface area contributed by atoms with Crippen LogP contribution in [0.4, 0.5) is 4.39 Å². The Morgan fingerprint density at radius 3 is 2.45 bits per heavy atom. The summed E-state index contributed by atoms with van der Waals surface area (Å²) in [5.74, 6) is -0.531. The normalized spacial score (nSPS) is 18.6. The molecule has 156 valence electrons. The molecule has 1 saturated heterocycles. The molecule has 0 saturated carbocycles. The molecule has 9 heteroatoms. The number of hydrogen-bond acceptors (Lipinski definition) is 5. The van der Waals surface area contributed by atoms with Crippen molar-refractivity contribution in [1.82, 2.24) is 19.8 Å². The molecule has 1 atom stereocenters. The van der Waals surface area contributed by atoms with Gasteiger partial charge in [-0.1, -0.05) is 0 Å². The van der Waals surface area contributed by atoms with Gasteiger partial charge in [0.2, 0.25) is 0 Å². The fourth-order valence-corrected chi connectivity index (χ4v) is 5.32. The highest BCUT2D eigenvalue weighted by Gasteiger charge is 2.35. The van der Waals surface area contributed by atoms with Gasteiger partial charge in [0.1, 0.15) is 5.82 Å². The second kappa shape index (κ2) is 8.08. The fourth-order valence-electron chi connectivity index (χ4n) is 3.63. The zero-order chi connectivity index (χ0) is 21.3. The number of aromatic nitrogens is 2. The number of rotatable bonds is 5. The van der Waals surface area contributed by atoms with Gasteiger partial charge in [0.05, 0.1) is 28.9 Å². The van der Waals surface area contributed by atoms with Gasteiger partial charge in [-0.05, 0) is 50.6 Å². The maximum atomic E-state index is 13.2. The molecule has 29 heavy (non-hydrogen) atoms. The summed E-state index contributed by atoms with van der Waals surface area (Å²) in [5, 5.41) is 7.60. The Hall–Kier alpha value is -2.52. The van der Waals surface area contributed by atoms with Crippen LogP contribution >= 0.6 is 0 Å². The number of aryl methyl sites for hydroxylation is 1. The van der Waals surface area contributed by atoms with Crippen molar-refractivity contribution in [3.63, 3.8) is 0 Å². The summed E-state index contributed by atoms with van der Waals surface area (Å²) in [6.45, 7) is 3.71. The molecule has 1 unspecified atom stereocenters.